The number of benzene rings is 1. The topological polar surface area (TPSA) is 93.7 Å². The van der Waals surface area contributed by atoms with E-state index in [1.54, 1.807) is 12.4 Å². The average Bonchev–Trinajstić information content (AvgIpc) is 3.19. The molecule has 0 amide bonds. The van der Waals surface area contributed by atoms with Gasteiger partial charge in [0.25, 0.3) is 0 Å². The van der Waals surface area contributed by atoms with E-state index in [2.05, 4.69) is 15.0 Å². The molecule has 148 valence electrons. The van der Waals surface area contributed by atoms with Crippen molar-refractivity contribution in [2.45, 2.75) is 32.2 Å². The highest BCUT2D eigenvalue weighted by atomic mass is 16.7. The number of oxazole rings is 1. The van der Waals surface area contributed by atoms with E-state index in [4.69, 9.17) is 13.9 Å². The molecule has 1 aliphatic heterocycles. The van der Waals surface area contributed by atoms with Crippen LogP contribution in [-0.4, -0.2) is 53.2 Å². The Bertz CT molecular complexity index is 906. The minimum absolute atomic E-state index is 0.0894. The lowest BCUT2D eigenvalue weighted by atomic mass is 10.2. The van der Waals surface area contributed by atoms with Crippen LogP contribution in [0.3, 0.4) is 0 Å². The molecule has 1 atom stereocenters. The number of anilines is 1. The molecule has 0 aliphatic carbocycles. The van der Waals surface area contributed by atoms with E-state index in [9.17, 15) is 5.11 Å². The quantitative estimate of drug-likeness (QED) is 0.665. The second-order valence-electron chi connectivity index (χ2n) is 6.80. The van der Waals surface area contributed by atoms with Gasteiger partial charge < -0.3 is 23.9 Å². The van der Waals surface area contributed by atoms with Crippen molar-refractivity contribution < 1.29 is 19.0 Å². The fourth-order valence-electron chi connectivity index (χ4n) is 3.15. The molecule has 1 aromatic carbocycles. The lowest BCUT2D eigenvalue weighted by molar-refractivity contribution is -0.160. The lowest BCUT2D eigenvalue weighted by Crippen LogP contribution is -2.29. The number of ether oxygens (including phenoxy) is 2. The Morgan fingerprint density at radius 2 is 2.11 bits per heavy atom. The molecule has 0 spiro atoms. The van der Waals surface area contributed by atoms with Crippen LogP contribution in [0, 0.1) is 0 Å². The molecule has 1 unspecified atom stereocenters. The van der Waals surface area contributed by atoms with Crippen LogP contribution in [0.4, 0.5) is 5.95 Å². The first-order valence-corrected chi connectivity index (χ1v) is 9.50. The highest BCUT2D eigenvalue weighted by Crippen LogP contribution is 2.26. The molecule has 1 aliphatic rings. The maximum absolute atomic E-state index is 9.43. The van der Waals surface area contributed by atoms with Crippen LogP contribution in [0.1, 0.15) is 24.8 Å². The predicted molar refractivity (Wildman–Crippen MR) is 104 cm³/mol. The third kappa shape index (κ3) is 4.14. The third-order valence-electron chi connectivity index (χ3n) is 4.76. The van der Waals surface area contributed by atoms with Gasteiger partial charge in [0, 0.05) is 38.2 Å². The SMILES string of the molecule is CN(CCOC1CCCCO1)c1ncc(-c2nc3cccc(CO)c3o2)cn1. The standard InChI is InChI=1S/C20H24N4O4/c1-24(8-10-27-17-7-2-3-9-26-17)20-21-11-15(12-22-20)19-23-16-6-4-5-14(13-25)18(16)28-19/h4-6,11-12,17,25H,2-3,7-10,13H2,1H3. The Morgan fingerprint density at radius 1 is 1.25 bits per heavy atom. The molecule has 1 N–H and O–H groups in total. The Kier molecular flexibility index (Phi) is 5.80. The van der Waals surface area contributed by atoms with E-state index in [0.717, 1.165) is 25.9 Å². The Hall–Kier alpha value is -2.55. The van der Waals surface area contributed by atoms with Crippen molar-refractivity contribution in [2.75, 3.05) is 31.7 Å². The number of hydrogen-bond acceptors (Lipinski definition) is 8. The lowest BCUT2D eigenvalue weighted by Gasteiger charge is -2.24. The normalized spacial score (nSPS) is 17.1. The summed E-state index contributed by atoms with van der Waals surface area (Å²) in [6.45, 7) is 1.91. The van der Waals surface area contributed by atoms with Crippen LogP contribution in [0.25, 0.3) is 22.6 Å². The molecule has 3 aromatic rings. The smallest absolute Gasteiger partial charge is 0.230 e. The summed E-state index contributed by atoms with van der Waals surface area (Å²) in [5.74, 6) is 1.03. The first-order valence-electron chi connectivity index (χ1n) is 9.50. The molecule has 2 aromatic heterocycles. The second-order valence-corrected chi connectivity index (χ2v) is 6.80. The van der Waals surface area contributed by atoms with E-state index in [1.807, 2.05) is 30.1 Å². The summed E-state index contributed by atoms with van der Waals surface area (Å²) in [7, 11) is 1.92. The Balaban J connectivity index is 1.39. The summed E-state index contributed by atoms with van der Waals surface area (Å²) in [6.07, 6.45) is 6.51. The van der Waals surface area contributed by atoms with Gasteiger partial charge in [-0.15, -0.1) is 0 Å². The average molecular weight is 384 g/mol. The second kappa shape index (κ2) is 8.64. The van der Waals surface area contributed by atoms with Gasteiger partial charge in [0.15, 0.2) is 11.9 Å². The number of likely N-dealkylation sites (N-methyl/N-ethyl adjacent to an activating group) is 1. The van der Waals surface area contributed by atoms with E-state index >= 15 is 0 Å². The van der Waals surface area contributed by atoms with E-state index in [1.165, 1.54) is 0 Å². The Morgan fingerprint density at radius 3 is 2.86 bits per heavy atom. The van der Waals surface area contributed by atoms with Crippen molar-refractivity contribution >= 4 is 17.0 Å². The van der Waals surface area contributed by atoms with Gasteiger partial charge in [0.2, 0.25) is 11.8 Å². The number of para-hydroxylation sites is 1. The summed E-state index contributed by atoms with van der Waals surface area (Å²) < 4.78 is 17.1. The van der Waals surface area contributed by atoms with E-state index in [0.29, 0.717) is 47.2 Å². The van der Waals surface area contributed by atoms with Gasteiger partial charge in [0.05, 0.1) is 18.8 Å². The molecule has 4 rings (SSSR count). The van der Waals surface area contributed by atoms with Crippen molar-refractivity contribution in [3.05, 3.63) is 36.2 Å². The number of nitrogens with zero attached hydrogens (tertiary/aromatic N) is 4. The number of aliphatic hydroxyl groups is 1. The van der Waals surface area contributed by atoms with Gasteiger partial charge in [-0.05, 0) is 25.3 Å². The monoisotopic (exact) mass is 384 g/mol. The first kappa shape index (κ1) is 18.8. The minimum Gasteiger partial charge on any atom is -0.436 e. The van der Waals surface area contributed by atoms with Crippen molar-refractivity contribution in [1.29, 1.82) is 0 Å². The van der Waals surface area contributed by atoms with Crippen molar-refractivity contribution in [1.82, 2.24) is 15.0 Å². The van der Waals surface area contributed by atoms with Gasteiger partial charge >= 0.3 is 0 Å². The molecule has 3 heterocycles. The summed E-state index contributed by atoms with van der Waals surface area (Å²) in [5, 5.41) is 9.43. The molecule has 28 heavy (non-hydrogen) atoms. The summed E-state index contributed by atoms with van der Waals surface area (Å²) in [4.78, 5) is 15.2. The number of hydrogen-bond donors (Lipinski definition) is 1. The van der Waals surface area contributed by atoms with Crippen LogP contribution in [0.2, 0.25) is 0 Å². The van der Waals surface area contributed by atoms with Crippen LogP contribution >= 0.6 is 0 Å². The molecule has 0 bridgehead atoms. The minimum atomic E-state index is -0.0970. The maximum Gasteiger partial charge on any atom is 0.230 e. The van der Waals surface area contributed by atoms with Gasteiger partial charge in [-0.3, -0.25) is 0 Å². The largest absolute Gasteiger partial charge is 0.436 e. The van der Waals surface area contributed by atoms with Crippen molar-refractivity contribution in [3.63, 3.8) is 0 Å². The summed E-state index contributed by atoms with van der Waals surface area (Å²) in [6, 6.07) is 5.50. The number of aliphatic hydroxyl groups excluding tert-OH is 1. The van der Waals surface area contributed by atoms with Gasteiger partial charge in [-0.1, -0.05) is 12.1 Å². The van der Waals surface area contributed by atoms with Crippen LogP contribution < -0.4 is 4.90 Å². The molecule has 8 heteroatoms. The number of aromatic nitrogens is 3. The molecular weight excluding hydrogens is 360 g/mol. The zero-order chi connectivity index (χ0) is 19.3. The molecular formula is C20H24N4O4. The van der Waals surface area contributed by atoms with Gasteiger partial charge in [0.1, 0.15) is 5.52 Å². The maximum atomic E-state index is 9.43. The third-order valence-corrected chi connectivity index (χ3v) is 4.76. The zero-order valence-corrected chi connectivity index (χ0v) is 15.9. The van der Waals surface area contributed by atoms with E-state index in [-0.39, 0.29) is 12.9 Å². The highest BCUT2D eigenvalue weighted by Gasteiger charge is 2.15. The number of rotatable bonds is 7. The Labute approximate surface area is 163 Å². The van der Waals surface area contributed by atoms with Crippen molar-refractivity contribution in [2.24, 2.45) is 0 Å². The molecule has 1 fully saturated rings. The molecule has 0 radical (unpaired) electrons. The predicted octanol–water partition coefficient (Wildman–Crippen LogP) is 2.76. The van der Waals surface area contributed by atoms with Gasteiger partial charge in [-0.25, -0.2) is 15.0 Å². The summed E-state index contributed by atoms with van der Waals surface area (Å²) in [5.41, 5.74) is 2.67. The zero-order valence-electron chi connectivity index (χ0n) is 15.9. The van der Waals surface area contributed by atoms with Crippen LogP contribution in [-0.2, 0) is 16.1 Å². The van der Waals surface area contributed by atoms with E-state index < -0.39 is 0 Å². The summed E-state index contributed by atoms with van der Waals surface area (Å²) >= 11 is 0. The highest BCUT2D eigenvalue weighted by molar-refractivity contribution is 5.79. The first-order chi connectivity index (χ1) is 13.7. The van der Waals surface area contributed by atoms with Gasteiger partial charge in [-0.2, -0.15) is 0 Å². The number of fused-ring (bicyclic) bond motifs is 1. The fourth-order valence-corrected chi connectivity index (χ4v) is 3.15. The molecule has 1 saturated heterocycles. The van der Waals surface area contributed by atoms with Crippen molar-refractivity contribution in [3.8, 4) is 11.5 Å². The molecule has 0 saturated carbocycles. The fraction of sp³-hybridized carbons (Fsp3) is 0.450. The molecule has 8 nitrogen and oxygen atoms in total. The van der Waals surface area contributed by atoms with Crippen LogP contribution in [0.5, 0.6) is 0 Å². The van der Waals surface area contributed by atoms with Crippen LogP contribution in [0.15, 0.2) is 35.0 Å².